The van der Waals surface area contributed by atoms with Crippen LogP contribution in [0.3, 0.4) is 0 Å². The number of carbonyl (C=O) groups is 1. The van der Waals surface area contributed by atoms with Crippen LogP contribution < -0.4 is 0 Å². The van der Waals surface area contributed by atoms with Gasteiger partial charge in [0.2, 0.25) is 5.91 Å². The largest absolute Gasteiger partial charge is 0.372 e. The summed E-state index contributed by atoms with van der Waals surface area (Å²) in [5.74, 6) is 0.109. The maximum absolute atomic E-state index is 11.4. The molecule has 3 nitrogen and oxygen atoms in total. The van der Waals surface area contributed by atoms with Crippen molar-refractivity contribution in [3.8, 4) is 0 Å². The van der Waals surface area contributed by atoms with Crippen LogP contribution in [-0.4, -0.2) is 37.1 Å². The Morgan fingerprint density at radius 2 is 2.38 bits per heavy atom. The van der Waals surface area contributed by atoms with Gasteiger partial charge in [0, 0.05) is 19.7 Å². The van der Waals surface area contributed by atoms with E-state index in [-0.39, 0.29) is 12.5 Å². The van der Waals surface area contributed by atoms with Crippen LogP contribution in [0.2, 0.25) is 0 Å². The van der Waals surface area contributed by atoms with Crippen molar-refractivity contribution < 1.29 is 9.53 Å². The molecule has 0 unspecified atom stereocenters. The molecule has 3 heteroatoms. The highest BCUT2D eigenvalue weighted by molar-refractivity contribution is 5.77. The molecule has 0 saturated carbocycles. The Balaban J connectivity index is 2.18. The molecule has 0 atom stereocenters. The van der Waals surface area contributed by atoms with Gasteiger partial charge in [-0.3, -0.25) is 4.79 Å². The average molecular weight is 183 g/mol. The van der Waals surface area contributed by atoms with Gasteiger partial charge >= 0.3 is 0 Å². The van der Waals surface area contributed by atoms with Gasteiger partial charge in [0.15, 0.2) is 0 Å². The average Bonchev–Trinajstić information content (AvgIpc) is 2.19. The normalized spacial score (nSPS) is 16.2. The lowest BCUT2D eigenvalue weighted by Crippen LogP contribution is -2.36. The lowest BCUT2D eigenvalue weighted by Gasteiger charge is -2.23. The molecule has 0 saturated heterocycles. The Bertz CT molecular complexity index is 189. The maximum atomic E-state index is 11.4. The number of amides is 1. The molecule has 74 valence electrons. The second-order valence-electron chi connectivity index (χ2n) is 3.15. The van der Waals surface area contributed by atoms with Gasteiger partial charge in [-0.2, -0.15) is 0 Å². The van der Waals surface area contributed by atoms with Crippen molar-refractivity contribution in [3.05, 3.63) is 12.2 Å². The summed E-state index contributed by atoms with van der Waals surface area (Å²) in [7, 11) is 0. The van der Waals surface area contributed by atoms with Gasteiger partial charge in [-0.25, -0.2) is 0 Å². The topological polar surface area (TPSA) is 29.5 Å². The van der Waals surface area contributed by atoms with Gasteiger partial charge in [-0.05, 0) is 12.8 Å². The molecule has 0 radical (unpaired) electrons. The molecule has 13 heavy (non-hydrogen) atoms. The molecule has 0 N–H and O–H groups in total. The summed E-state index contributed by atoms with van der Waals surface area (Å²) < 4.78 is 5.18. The van der Waals surface area contributed by atoms with E-state index in [2.05, 4.69) is 6.08 Å². The monoisotopic (exact) mass is 183 g/mol. The first kappa shape index (κ1) is 10.3. The van der Waals surface area contributed by atoms with Crippen molar-refractivity contribution in [3.63, 3.8) is 0 Å². The molecular weight excluding hydrogens is 166 g/mol. The van der Waals surface area contributed by atoms with E-state index >= 15 is 0 Å². The molecule has 0 aromatic heterocycles. The molecule has 0 spiro atoms. The Hall–Kier alpha value is -0.830. The molecule has 1 rings (SSSR count). The number of ether oxygens (including phenoxy) is 1. The molecule has 0 fully saturated rings. The molecule has 0 aliphatic carbocycles. The minimum atomic E-state index is 0.109. The van der Waals surface area contributed by atoms with E-state index in [9.17, 15) is 4.79 Å². The first-order valence-corrected chi connectivity index (χ1v) is 4.85. The highest BCUT2D eigenvalue weighted by Crippen LogP contribution is 2.01. The van der Waals surface area contributed by atoms with Crippen molar-refractivity contribution >= 4 is 5.91 Å². The van der Waals surface area contributed by atoms with E-state index in [4.69, 9.17) is 4.74 Å². The van der Waals surface area contributed by atoms with Gasteiger partial charge in [0.05, 0.1) is 0 Å². The molecule has 0 bridgehead atoms. The van der Waals surface area contributed by atoms with Crippen LogP contribution in [0, 0.1) is 0 Å². The van der Waals surface area contributed by atoms with Crippen LogP contribution in [0.5, 0.6) is 0 Å². The fourth-order valence-corrected chi connectivity index (χ4v) is 1.26. The van der Waals surface area contributed by atoms with Gasteiger partial charge in [-0.1, -0.05) is 19.1 Å². The SMILES string of the molecule is CCCOCC(=O)N1CC=CCC1. The second kappa shape index (κ2) is 5.75. The molecule has 1 heterocycles. The predicted molar refractivity (Wildman–Crippen MR) is 51.4 cm³/mol. The Morgan fingerprint density at radius 3 is 3.00 bits per heavy atom. The summed E-state index contributed by atoms with van der Waals surface area (Å²) in [5.41, 5.74) is 0. The van der Waals surface area contributed by atoms with E-state index in [1.165, 1.54) is 0 Å². The lowest BCUT2D eigenvalue weighted by molar-refractivity contribution is -0.135. The number of carbonyl (C=O) groups excluding carboxylic acids is 1. The predicted octanol–water partition coefficient (Wildman–Crippen LogP) is 1.20. The van der Waals surface area contributed by atoms with Crippen LogP contribution in [0.15, 0.2) is 12.2 Å². The van der Waals surface area contributed by atoms with Crippen molar-refractivity contribution in [2.45, 2.75) is 19.8 Å². The van der Waals surface area contributed by atoms with Crippen molar-refractivity contribution in [1.82, 2.24) is 4.90 Å². The van der Waals surface area contributed by atoms with E-state index in [0.29, 0.717) is 6.61 Å². The standard InChI is InChI=1S/C10H17NO2/c1-2-8-13-9-10(12)11-6-4-3-5-7-11/h3-4H,2,5-9H2,1H3. The number of nitrogens with zero attached hydrogens (tertiary/aromatic N) is 1. The third kappa shape index (κ3) is 3.59. The summed E-state index contributed by atoms with van der Waals surface area (Å²) in [6, 6.07) is 0. The second-order valence-corrected chi connectivity index (χ2v) is 3.15. The zero-order valence-electron chi connectivity index (χ0n) is 8.16. The van der Waals surface area contributed by atoms with Gasteiger partial charge < -0.3 is 9.64 Å². The van der Waals surface area contributed by atoms with E-state index < -0.39 is 0 Å². The highest BCUT2D eigenvalue weighted by atomic mass is 16.5. The lowest BCUT2D eigenvalue weighted by atomic mass is 10.2. The van der Waals surface area contributed by atoms with Gasteiger partial charge in [0.25, 0.3) is 0 Å². The molecule has 1 amide bonds. The fourth-order valence-electron chi connectivity index (χ4n) is 1.26. The highest BCUT2D eigenvalue weighted by Gasteiger charge is 2.12. The fraction of sp³-hybridized carbons (Fsp3) is 0.700. The molecule has 0 aromatic carbocycles. The minimum absolute atomic E-state index is 0.109. The quantitative estimate of drug-likeness (QED) is 0.484. The van der Waals surface area contributed by atoms with Crippen molar-refractivity contribution in [2.24, 2.45) is 0 Å². The van der Waals surface area contributed by atoms with Crippen LogP contribution in [0.4, 0.5) is 0 Å². The van der Waals surface area contributed by atoms with E-state index in [1.807, 2.05) is 17.9 Å². The van der Waals surface area contributed by atoms with E-state index in [0.717, 1.165) is 25.9 Å². The zero-order valence-corrected chi connectivity index (χ0v) is 8.16. The van der Waals surface area contributed by atoms with Crippen LogP contribution >= 0.6 is 0 Å². The third-order valence-electron chi connectivity index (χ3n) is 1.98. The van der Waals surface area contributed by atoms with Gasteiger partial charge in [-0.15, -0.1) is 0 Å². The molecule has 1 aliphatic heterocycles. The Morgan fingerprint density at radius 1 is 1.54 bits per heavy atom. The molecular formula is C10H17NO2. The summed E-state index contributed by atoms with van der Waals surface area (Å²) in [5, 5.41) is 0. The Labute approximate surface area is 79.4 Å². The molecule has 1 aliphatic rings. The maximum Gasteiger partial charge on any atom is 0.248 e. The van der Waals surface area contributed by atoms with E-state index in [1.54, 1.807) is 0 Å². The van der Waals surface area contributed by atoms with Crippen LogP contribution in [0.25, 0.3) is 0 Å². The van der Waals surface area contributed by atoms with Gasteiger partial charge in [0.1, 0.15) is 6.61 Å². The van der Waals surface area contributed by atoms with Crippen LogP contribution in [0.1, 0.15) is 19.8 Å². The van der Waals surface area contributed by atoms with Crippen molar-refractivity contribution in [2.75, 3.05) is 26.3 Å². The van der Waals surface area contributed by atoms with Crippen LogP contribution in [-0.2, 0) is 9.53 Å². The Kier molecular flexibility index (Phi) is 4.54. The third-order valence-corrected chi connectivity index (χ3v) is 1.98. The summed E-state index contributed by atoms with van der Waals surface area (Å²) in [6.07, 6.45) is 6.07. The number of rotatable bonds is 4. The smallest absolute Gasteiger partial charge is 0.248 e. The number of hydrogen-bond acceptors (Lipinski definition) is 2. The summed E-state index contributed by atoms with van der Waals surface area (Å²) in [6.45, 7) is 4.53. The first-order chi connectivity index (χ1) is 6.34. The number of hydrogen-bond donors (Lipinski definition) is 0. The van der Waals surface area contributed by atoms with Crippen molar-refractivity contribution in [1.29, 1.82) is 0 Å². The minimum Gasteiger partial charge on any atom is -0.372 e. The first-order valence-electron chi connectivity index (χ1n) is 4.85. The molecule has 0 aromatic rings. The summed E-state index contributed by atoms with van der Waals surface area (Å²) in [4.78, 5) is 13.3. The summed E-state index contributed by atoms with van der Waals surface area (Å²) >= 11 is 0. The zero-order chi connectivity index (χ0) is 9.52.